The molecule has 1 aromatic carbocycles. The smallest absolute Gasteiger partial charge is 0.104 e. The van der Waals surface area contributed by atoms with Crippen LogP contribution in [0.5, 0.6) is 0 Å². The molecule has 0 spiro atoms. The van der Waals surface area contributed by atoms with Gasteiger partial charge in [-0.25, -0.2) is 0 Å². The Bertz CT molecular complexity index is 426. The van der Waals surface area contributed by atoms with Crippen molar-refractivity contribution in [3.05, 3.63) is 35.4 Å². The predicted molar refractivity (Wildman–Crippen MR) is 71.1 cm³/mol. The minimum atomic E-state index is -0.0896. The summed E-state index contributed by atoms with van der Waals surface area (Å²) in [5.74, 6) is 5.62. The second kappa shape index (κ2) is 7.17. The van der Waals surface area contributed by atoms with E-state index in [0.717, 1.165) is 44.8 Å². The molecule has 0 bridgehead atoms. The van der Waals surface area contributed by atoms with Gasteiger partial charge in [-0.05, 0) is 24.1 Å². The monoisotopic (exact) mass is 245 g/mol. The van der Waals surface area contributed by atoms with Crippen molar-refractivity contribution in [3.63, 3.8) is 0 Å². The first-order valence-corrected chi connectivity index (χ1v) is 6.37. The first-order chi connectivity index (χ1) is 8.88. The van der Waals surface area contributed by atoms with Crippen LogP contribution >= 0.6 is 0 Å². The van der Waals surface area contributed by atoms with Gasteiger partial charge in [-0.2, -0.15) is 0 Å². The van der Waals surface area contributed by atoms with Gasteiger partial charge in [-0.3, -0.25) is 4.90 Å². The lowest BCUT2D eigenvalue weighted by Crippen LogP contribution is -2.25. The van der Waals surface area contributed by atoms with E-state index >= 15 is 0 Å². The van der Waals surface area contributed by atoms with Gasteiger partial charge in [0.15, 0.2) is 0 Å². The van der Waals surface area contributed by atoms with Crippen LogP contribution in [0.25, 0.3) is 0 Å². The van der Waals surface area contributed by atoms with Crippen LogP contribution in [0.15, 0.2) is 24.3 Å². The first kappa shape index (κ1) is 13.1. The van der Waals surface area contributed by atoms with Crippen molar-refractivity contribution in [3.8, 4) is 11.8 Å². The third-order valence-corrected chi connectivity index (χ3v) is 2.96. The molecule has 0 aliphatic carbocycles. The van der Waals surface area contributed by atoms with Crippen molar-refractivity contribution >= 4 is 0 Å². The van der Waals surface area contributed by atoms with Gasteiger partial charge in [0.1, 0.15) is 6.61 Å². The minimum Gasteiger partial charge on any atom is -0.384 e. The zero-order valence-electron chi connectivity index (χ0n) is 10.6. The molecular weight excluding hydrogens is 226 g/mol. The summed E-state index contributed by atoms with van der Waals surface area (Å²) in [6, 6.07) is 8.20. The fraction of sp³-hybridized carbons (Fsp3) is 0.467. The Labute approximate surface area is 108 Å². The van der Waals surface area contributed by atoms with Crippen molar-refractivity contribution in [1.29, 1.82) is 0 Å². The summed E-state index contributed by atoms with van der Waals surface area (Å²) in [6.45, 7) is 4.63. The molecule has 0 aromatic heterocycles. The zero-order valence-corrected chi connectivity index (χ0v) is 10.6. The van der Waals surface area contributed by atoms with Gasteiger partial charge in [0.25, 0.3) is 0 Å². The zero-order chi connectivity index (χ0) is 12.6. The topological polar surface area (TPSA) is 32.7 Å². The summed E-state index contributed by atoms with van der Waals surface area (Å²) in [5, 5.41) is 8.69. The van der Waals surface area contributed by atoms with E-state index in [-0.39, 0.29) is 6.61 Å². The Morgan fingerprint density at radius 2 is 2.22 bits per heavy atom. The van der Waals surface area contributed by atoms with E-state index < -0.39 is 0 Å². The highest BCUT2D eigenvalue weighted by Crippen LogP contribution is 2.09. The Kier molecular flexibility index (Phi) is 5.22. The lowest BCUT2D eigenvalue weighted by Gasteiger charge is -2.19. The van der Waals surface area contributed by atoms with Crippen LogP contribution < -0.4 is 0 Å². The molecule has 0 radical (unpaired) electrons. The Morgan fingerprint density at radius 3 is 3.11 bits per heavy atom. The first-order valence-electron chi connectivity index (χ1n) is 6.37. The summed E-state index contributed by atoms with van der Waals surface area (Å²) >= 11 is 0. The van der Waals surface area contributed by atoms with Crippen molar-refractivity contribution in [1.82, 2.24) is 4.90 Å². The molecule has 0 saturated carbocycles. The molecule has 1 N–H and O–H groups in total. The van der Waals surface area contributed by atoms with Gasteiger partial charge in [0.2, 0.25) is 0 Å². The van der Waals surface area contributed by atoms with E-state index in [0.29, 0.717) is 0 Å². The molecule has 0 atom stereocenters. The number of aliphatic hydroxyl groups is 1. The molecule has 2 rings (SSSR count). The summed E-state index contributed by atoms with van der Waals surface area (Å²) in [7, 11) is 0. The van der Waals surface area contributed by atoms with E-state index in [9.17, 15) is 0 Å². The summed E-state index contributed by atoms with van der Waals surface area (Å²) in [6.07, 6.45) is 1.10. The number of hydrogen-bond acceptors (Lipinski definition) is 3. The lowest BCUT2D eigenvalue weighted by molar-refractivity contribution is 0.140. The van der Waals surface area contributed by atoms with Gasteiger partial charge in [0, 0.05) is 31.8 Å². The maximum absolute atomic E-state index is 8.69. The van der Waals surface area contributed by atoms with Crippen LogP contribution in [0.3, 0.4) is 0 Å². The molecule has 1 saturated heterocycles. The Morgan fingerprint density at radius 1 is 1.28 bits per heavy atom. The molecule has 1 heterocycles. The number of hydrogen-bond donors (Lipinski definition) is 1. The molecule has 3 heteroatoms. The summed E-state index contributed by atoms with van der Waals surface area (Å²) in [4.78, 5) is 2.41. The molecule has 0 unspecified atom stereocenters. The van der Waals surface area contributed by atoms with Crippen LogP contribution in [0.4, 0.5) is 0 Å². The van der Waals surface area contributed by atoms with Crippen LogP contribution in [0.2, 0.25) is 0 Å². The Balaban J connectivity index is 1.99. The molecule has 1 aliphatic rings. The van der Waals surface area contributed by atoms with Gasteiger partial charge >= 0.3 is 0 Å². The van der Waals surface area contributed by atoms with Gasteiger partial charge in [-0.15, -0.1) is 0 Å². The average Bonchev–Trinajstić information content (AvgIpc) is 2.65. The van der Waals surface area contributed by atoms with E-state index in [2.05, 4.69) is 28.9 Å². The third-order valence-electron chi connectivity index (χ3n) is 2.96. The number of ether oxygens (including phenoxy) is 1. The number of aliphatic hydroxyl groups excluding tert-OH is 1. The molecular formula is C15H19NO2. The van der Waals surface area contributed by atoms with Gasteiger partial charge in [0.05, 0.1) is 6.61 Å². The number of rotatable bonds is 2. The second-order valence-electron chi connectivity index (χ2n) is 4.40. The van der Waals surface area contributed by atoms with E-state index in [4.69, 9.17) is 9.84 Å². The van der Waals surface area contributed by atoms with E-state index in [1.807, 2.05) is 12.1 Å². The number of nitrogens with zero attached hydrogens (tertiary/aromatic N) is 1. The fourth-order valence-corrected chi connectivity index (χ4v) is 2.10. The van der Waals surface area contributed by atoms with E-state index in [1.54, 1.807) is 0 Å². The van der Waals surface area contributed by atoms with Crippen LogP contribution in [0, 0.1) is 11.8 Å². The van der Waals surface area contributed by atoms with Crippen LogP contribution in [-0.4, -0.2) is 42.9 Å². The highest BCUT2D eigenvalue weighted by molar-refractivity contribution is 5.37. The largest absolute Gasteiger partial charge is 0.384 e. The molecule has 1 fully saturated rings. The van der Waals surface area contributed by atoms with Crippen molar-refractivity contribution in [2.24, 2.45) is 0 Å². The lowest BCUT2D eigenvalue weighted by atomic mass is 10.1. The minimum absolute atomic E-state index is 0.0896. The molecule has 1 aliphatic heterocycles. The maximum Gasteiger partial charge on any atom is 0.104 e. The summed E-state index contributed by atoms with van der Waals surface area (Å²) < 4.78 is 5.45. The van der Waals surface area contributed by atoms with Crippen LogP contribution in [-0.2, 0) is 11.3 Å². The highest BCUT2D eigenvalue weighted by atomic mass is 16.5. The second-order valence-corrected chi connectivity index (χ2v) is 4.40. The quantitative estimate of drug-likeness (QED) is 0.796. The molecule has 96 valence electrons. The third kappa shape index (κ3) is 4.15. The van der Waals surface area contributed by atoms with Crippen molar-refractivity contribution in [2.75, 3.05) is 32.9 Å². The summed E-state index contributed by atoms with van der Waals surface area (Å²) in [5.41, 5.74) is 2.23. The molecule has 3 nitrogen and oxygen atoms in total. The van der Waals surface area contributed by atoms with E-state index in [1.165, 1.54) is 5.56 Å². The highest BCUT2D eigenvalue weighted by Gasteiger charge is 2.09. The average molecular weight is 245 g/mol. The van der Waals surface area contributed by atoms with Crippen molar-refractivity contribution in [2.45, 2.75) is 13.0 Å². The van der Waals surface area contributed by atoms with Crippen LogP contribution in [0.1, 0.15) is 17.5 Å². The predicted octanol–water partition coefficient (Wildman–Crippen LogP) is 1.25. The number of benzene rings is 1. The fourth-order valence-electron chi connectivity index (χ4n) is 2.10. The normalized spacial score (nSPS) is 16.7. The van der Waals surface area contributed by atoms with Crippen molar-refractivity contribution < 1.29 is 9.84 Å². The Hall–Kier alpha value is -1.34. The molecule has 0 amide bonds. The molecule has 1 aromatic rings. The molecule has 18 heavy (non-hydrogen) atoms. The van der Waals surface area contributed by atoms with Gasteiger partial charge in [-0.1, -0.05) is 24.0 Å². The standard InChI is InChI=1S/C15H19NO2/c17-9-2-6-14-4-1-5-15(12-14)13-16-7-3-10-18-11-8-16/h1,4-5,12,17H,3,7-11,13H2. The SMILES string of the molecule is OCC#Cc1cccc(CN2CCCOCC2)c1. The van der Waals surface area contributed by atoms with Gasteiger partial charge < -0.3 is 9.84 Å². The maximum atomic E-state index is 8.69.